The lowest BCUT2D eigenvalue weighted by Gasteiger charge is -2.15. The average Bonchev–Trinajstić information content (AvgIpc) is 2.53. The number of hydrogen-bond donors (Lipinski definition) is 0. The van der Waals surface area contributed by atoms with Gasteiger partial charge in [-0.1, -0.05) is 45.0 Å². The molecule has 116 valence electrons. The molecule has 0 aliphatic heterocycles. The summed E-state index contributed by atoms with van der Waals surface area (Å²) in [6.07, 6.45) is 2.53. The van der Waals surface area contributed by atoms with Gasteiger partial charge in [0.25, 0.3) is 5.56 Å². The average molecular weight is 297 g/mol. The molecule has 0 N–H and O–H groups in total. The number of aryl methyl sites for hydroxylation is 1. The van der Waals surface area contributed by atoms with Crippen LogP contribution in [-0.2, 0) is 13.0 Å². The SMILES string of the molecule is CCc1ccc(-c2ccc(C=O)c(=O)n2CCC(C)C)cc1. The Balaban J connectivity index is 2.50. The minimum Gasteiger partial charge on any atom is -0.308 e. The first-order valence-corrected chi connectivity index (χ1v) is 7.85. The number of carbonyl (C=O) groups excluding carboxylic acids is 1. The van der Waals surface area contributed by atoms with Crippen LogP contribution in [0.5, 0.6) is 0 Å². The van der Waals surface area contributed by atoms with E-state index in [1.54, 1.807) is 10.6 Å². The Morgan fingerprint density at radius 2 is 1.77 bits per heavy atom. The molecule has 0 aliphatic carbocycles. The molecule has 2 aromatic rings. The van der Waals surface area contributed by atoms with E-state index in [2.05, 4.69) is 32.9 Å². The lowest BCUT2D eigenvalue weighted by Crippen LogP contribution is -2.25. The molecule has 3 nitrogen and oxygen atoms in total. The molecule has 0 spiro atoms. The van der Waals surface area contributed by atoms with E-state index >= 15 is 0 Å². The van der Waals surface area contributed by atoms with Gasteiger partial charge in [0.15, 0.2) is 6.29 Å². The molecule has 0 aliphatic rings. The van der Waals surface area contributed by atoms with Crippen molar-refractivity contribution in [1.82, 2.24) is 4.57 Å². The Hall–Kier alpha value is -2.16. The van der Waals surface area contributed by atoms with Gasteiger partial charge in [-0.3, -0.25) is 9.59 Å². The van der Waals surface area contributed by atoms with E-state index in [1.807, 2.05) is 18.2 Å². The van der Waals surface area contributed by atoms with E-state index in [0.29, 0.717) is 18.7 Å². The minimum absolute atomic E-state index is 0.201. The quantitative estimate of drug-likeness (QED) is 0.758. The van der Waals surface area contributed by atoms with Crippen molar-refractivity contribution in [2.24, 2.45) is 5.92 Å². The fraction of sp³-hybridized carbons (Fsp3) is 0.368. The molecule has 2 rings (SSSR count). The van der Waals surface area contributed by atoms with Crippen molar-refractivity contribution in [3.63, 3.8) is 0 Å². The number of aldehydes is 1. The molecule has 0 unspecified atom stereocenters. The highest BCUT2D eigenvalue weighted by Crippen LogP contribution is 2.20. The van der Waals surface area contributed by atoms with Crippen LogP contribution in [0.3, 0.4) is 0 Å². The summed E-state index contributed by atoms with van der Waals surface area (Å²) in [5, 5.41) is 0. The summed E-state index contributed by atoms with van der Waals surface area (Å²) >= 11 is 0. The van der Waals surface area contributed by atoms with E-state index in [9.17, 15) is 9.59 Å². The first-order chi connectivity index (χ1) is 10.6. The molecular formula is C19H23NO2. The van der Waals surface area contributed by atoms with Crippen molar-refractivity contribution in [2.45, 2.75) is 40.2 Å². The van der Waals surface area contributed by atoms with Crippen LogP contribution in [0.4, 0.5) is 0 Å². The largest absolute Gasteiger partial charge is 0.308 e. The molecular weight excluding hydrogens is 274 g/mol. The second-order valence-electron chi connectivity index (χ2n) is 5.98. The Morgan fingerprint density at radius 1 is 1.09 bits per heavy atom. The smallest absolute Gasteiger partial charge is 0.261 e. The Kier molecular flexibility index (Phi) is 5.31. The monoisotopic (exact) mass is 297 g/mol. The molecule has 0 atom stereocenters. The number of rotatable bonds is 6. The molecule has 0 saturated heterocycles. The highest BCUT2D eigenvalue weighted by molar-refractivity contribution is 5.75. The number of carbonyl (C=O) groups is 1. The lowest BCUT2D eigenvalue weighted by atomic mass is 10.1. The highest BCUT2D eigenvalue weighted by atomic mass is 16.1. The Bertz CT molecular complexity index is 696. The van der Waals surface area contributed by atoms with Gasteiger partial charge in [-0.15, -0.1) is 0 Å². The minimum atomic E-state index is -0.201. The summed E-state index contributed by atoms with van der Waals surface area (Å²) in [6.45, 7) is 7.00. The second-order valence-corrected chi connectivity index (χ2v) is 5.98. The molecule has 0 radical (unpaired) electrons. The third kappa shape index (κ3) is 3.53. The fourth-order valence-corrected chi connectivity index (χ4v) is 2.46. The molecule has 1 aromatic heterocycles. The van der Waals surface area contributed by atoms with E-state index < -0.39 is 0 Å². The first-order valence-electron chi connectivity index (χ1n) is 7.85. The van der Waals surface area contributed by atoms with Crippen molar-refractivity contribution >= 4 is 6.29 Å². The number of hydrogen-bond acceptors (Lipinski definition) is 2. The number of pyridine rings is 1. The number of benzene rings is 1. The molecule has 1 heterocycles. The number of nitrogens with zero attached hydrogens (tertiary/aromatic N) is 1. The maximum absolute atomic E-state index is 12.5. The third-order valence-corrected chi connectivity index (χ3v) is 3.92. The summed E-state index contributed by atoms with van der Waals surface area (Å²) in [4.78, 5) is 23.5. The fourth-order valence-electron chi connectivity index (χ4n) is 2.46. The zero-order chi connectivity index (χ0) is 16.1. The maximum atomic E-state index is 12.5. The van der Waals surface area contributed by atoms with Gasteiger partial charge in [0.1, 0.15) is 0 Å². The van der Waals surface area contributed by atoms with Crippen LogP contribution in [-0.4, -0.2) is 10.9 Å². The van der Waals surface area contributed by atoms with Crippen LogP contribution in [0.2, 0.25) is 0 Å². The van der Waals surface area contributed by atoms with Crippen LogP contribution in [0.25, 0.3) is 11.3 Å². The highest BCUT2D eigenvalue weighted by Gasteiger charge is 2.10. The van der Waals surface area contributed by atoms with Crippen molar-refractivity contribution in [3.05, 3.63) is 57.9 Å². The van der Waals surface area contributed by atoms with Gasteiger partial charge in [0, 0.05) is 6.54 Å². The first kappa shape index (κ1) is 16.2. The zero-order valence-electron chi connectivity index (χ0n) is 13.5. The standard InChI is InChI=1S/C19H23NO2/c1-4-15-5-7-16(8-6-15)18-10-9-17(13-21)19(22)20(18)12-11-14(2)3/h5-10,13-14H,4,11-12H2,1-3H3. The predicted molar refractivity (Wildman–Crippen MR) is 90.4 cm³/mol. The van der Waals surface area contributed by atoms with Crippen LogP contribution >= 0.6 is 0 Å². The lowest BCUT2D eigenvalue weighted by molar-refractivity contribution is 0.112. The molecule has 0 amide bonds. The third-order valence-electron chi connectivity index (χ3n) is 3.92. The van der Waals surface area contributed by atoms with Gasteiger partial charge in [0.05, 0.1) is 11.3 Å². The van der Waals surface area contributed by atoms with Crippen LogP contribution in [0, 0.1) is 5.92 Å². The van der Waals surface area contributed by atoms with Crippen LogP contribution in [0.1, 0.15) is 43.1 Å². The van der Waals surface area contributed by atoms with Crippen molar-refractivity contribution in [1.29, 1.82) is 0 Å². The summed E-state index contributed by atoms with van der Waals surface area (Å²) < 4.78 is 1.73. The molecule has 0 fully saturated rings. The molecule has 0 bridgehead atoms. The van der Waals surface area contributed by atoms with Crippen molar-refractivity contribution in [2.75, 3.05) is 0 Å². The number of aromatic nitrogens is 1. The zero-order valence-corrected chi connectivity index (χ0v) is 13.5. The van der Waals surface area contributed by atoms with Crippen LogP contribution < -0.4 is 5.56 Å². The van der Waals surface area contributed by atoms with E-state index in [1.165, 1.54) is 5.56 Å². The Labute approximate surface area is 131 Å². The molecule has 1 aromatic carbocycles. The molecule has 22 heavy (non-hydrogen) atoms. The van der Waals surface area contributed by atoms with Crippen molar-refractivity contribution in [3.8, 4) is 11.3 Å². The Morgan fingerprint density at radius 3 is 2.32 bits per heavy atom. The van der Waals surface area contributed by atoms with Gasteiger partial charge in [-0.05, 0) is 42.0 Å². The van der Waals surface area contributed by atoms with Gasteiger partial charge >= 0.3 is 0 Å². The summed E-state index contributed by atoms with van der Waals surface area (Å²) in [5.41, 5.74) is 3.17. The van der Waals surface area contributed by atoms with Gasteiger partial charge in [-0.25, -0.2) is 0 Å². The topological polar surface area (TPSA) is 39.1 Å². The molecule has 3 heteroatoms. The van der Waals surface area contributed by atoms with E-state index in [-0.39, 0.29) is 11.1 Å². The summed E-state index contributed by atoms with van der Waals surface area (Å²) in [5.74, 6) is 0.502. The normalized spacial score (nSPS) is 10.9. The summed E-state index contributed by atoms with van der Waals surface area (Å²) in [6, 6.07) is 11.7. The summed E-state index contributed by atoms with van der Waals surface area (Å²) in [7, 11) is 0. The van der Waals surface area contributed by atoms with Gasteiger partial charge < -0.3 is 4.57 Å². The van der Waals surface area contributed by atoms with Crippen molar-refractivity contribution < 1.29 is 4.79 Å². The second kappa shape index (κ2) is 7.21. The van der Waals surface area contributed by atoms with Gasteiger partial charge in [0.2, 0.25) is 0 Å². The van der Waals surface area contributed by atoms with E-state index in [4.69, 9.17) is 0 Å². The van der Waals surface area contributed by atoms with Gasteiger partial charge in [-0.2, -0.15) is 0 Å². The molecule has 0 saturated carbocycles. The van der Waals surface area contributed by atoms with Crippen LogP contribution in [0.15, 0.2) is 41.2 Å². The maximum Gasteiger partial charge on any atom is 0.261 e. The predicted octanol–water partition coefficient (Wildman–Crippen LogP) is 3.94. The van der Waals surface area contributed by atoms with E-state index in [0.717, 1.165) is 24.1 Å².